The van der Waals surface area contributed by atoms with Gasteiger partial charge in [0, 0.05) is 22.0 Å². The molecule has 0 amide bonds. The zero-order valence-electron chi connectivity index (χ0n) is 14.5. The molecule has 0 N–H and O–H groups in total. The predicted molar refractivity (Wildman–Crippen MR) is 107 cm³/mol. The Kier molecular flexibility index (Phi) is 3.91. The van der Waals surface area contributed by atoms with E-state index in [1.165, 1.54) is 10.9 Å². The van der Waals surface area contributed by atoms with Crippen LogP contribution in [0.2, 0.25) is 5.02 Å². The first-order valence-electron chi connectivity index (χ1n) is 8.66. The van der Waals surface area contributed by atoms with Crippen molar-refractivity contribution in [2.24, 2.45) is 0 Å². The second kappa shape index (κ2) is 6.58. The minimum absolute atomic E-state index is 0.302. The Morgan fingerprint density at radius 1 is 1.00 bits per heavy atom. The molecule has 0 unspecified atom stereocenters. The van der Waals surface area contributed by atoms with Crippen LogP contribution in [0.15, 0.2) is 75.9 Å². The zero-order valence-corrected chi connectivity index (χ0v) is 15.3. The maximum atomic E-state index is 12.0. The molecule has 0 bridgehead atoms. The lowest BCUT2D eigenvalue weighted by Crippen LogP contribution is -2.08. The molecule has 0 radical (unpaired) electrons. The summed E-state index contributed by atoms with van der Waals surface area (Å²) in [4.78, 5) is 13.5. The molecule has 3 aromatic carbocycles. The van der Waals surface area contributed by atoms with Gasteiger partial charge in [0.15, 0.2) is 0 Å². The van der Waals surface area contributed by atoms with E-state index in [1.807, 2.05) is 48.5 Å². The van der Waals surface area contributed by atoms with Crippen LogP contribution in [0.4, 0.5) is 0 Å². The first-order chi connectivity index (χ1) is 13.7. The largest absolute Gasteiger partial charge is 0.423 e. The van der Waals surface area contributed by atoms with Gasteiger partial charge in [-0.25, -0.2) is 4.79 Å². The van der Waals surface area contributed by atoms with Crippen molar-refractivity contribution < 1.29 is 4.42 Å². The van der Waals surface area contributed by atoms with E-state index < -0.39 is 5.63 Å². The lowest BCUT2D eigenvalue weighted by molar-refractivity contribution is 0.546. The van der Waals surface area contributed by atoms with Crippen molar-refractivity contribution >= 4 is 33.3 Å². The Labute approximate surface area is 164 Å². The molecule has 0 aliphatic heterocycles. The Hall–Kier alpha value is -3.51. The molecule has 0 fully saturated rings. The predicted octanol–water partition coefficient (Wildman–Crippen LogP) is 4.30. The van der Waals surface area contributed by atoms with Crippen LogP contribution in [0.1, 0.15) is 5.56 Å². The third kappa shape index (κ3) is 2.93. The van der Waals surface area contributed by atoms with Crippen molar-refractivity contribution in [1.29, 1.82) is 0 Å². The average Bonchev–Trinajstić information content (AvgIpc) is 3.16. The molecule has 5 rings (SSSR count). The van der Waals surface area contributed by atoms with Crippen molar-refractivity contribution in [1.82, 2.24) is 20.2 Å². The van der Waals surface area contributed by atoms with Crippen molar-refractivity contribution in [3.8, 4) is 11.4 Å². The van der Waals surface area contributed by atoms with Gasteiger partial charge >= 0.3 is 5.63 Å². The number of benzene rings is 3. The number of nitrogens with zero attached hydrogens (tertiary/aromatic N) is 4. The molecule has 2 aromatic heterocycles. The van der Waals surface area contributed by atoms with Gasteiger partial charge in [0.2, 0.25) is 5.82 Å². The van der Waals surface area contributed by atoms with Gasteiger partial charge in [-0.1, -0.05) is 41.9 Å². The van der Waals surface area contributed by atoms with Gasteiger partial charge in [0.25, 0.3) is 0 Å². The summed E-state index contributed by atoms with van der Waals surface area (Å²) in [6.07, 6.45) is 0. The van der Waals surface area contributed by atoms with E-state index in [4.69, 9.17) is 16.0 Å². The SMILES string of the molecule is O=c1cc(Cn2nnc(-c3ccc(Cl)cc3)n2)c2c(ccc3ccccc32)o1. The first-order valence-corrected chi connectivity index (χ1v) is 9.03. The van der Waals surface area contributed by atoms with Crippen LogP contribution in [0.5, 0.6) is 0 Å². The molecule has 0 aliphatic rings. The Bertz CT molecular complexity index is 1370. The van der Waals surface area contributed by atoms with Gasteiger partial charge in [-0.05, 0) is 51.9 Å². The summed E-state index contributed by atoms with van der Waals surface area (Å²) in [5.74, 6) is 0.494. The lowest BCUT2D eigenvalue weighted by atomic mass is 10.0. The minimum Gasteiger partial charge on any atom is -0.423 e. The van der Waals surface area contributed by atoms with Crippen LogP contribution in [-0.2, 0) is 6.54 Å². The summed E-state index contributed by atoms with van der Waals surface area (Å²) in [5, 5.41) is 16.3. The van der Waals surface area contributed by atoms with E-state index in [0.29, 0.717) is 23.0 Å². The lowest BCUT2D eigenvalue weighted by Gasteiger charge is -2.08. The Morgan fingerprint density at radius 3 is 2.68 bits per heavy atom. The fourth-order valence-corrected chi connectivity index (χ4v) is 3.45. The van der Waals surface area contributed by atoms with Crippen LogP contribution in [0.25, 0.3) is 33.1 Å². The molecule has 28 heavy (non-hydrogen) atoms. The third-order valence-electron chi connectivity index (χ3n) is 4.58. The van der Waals surface area contributed by atoms with E-state index >= 15 is 0 Å². The maximum absolute atomic E-state index is 12.0. The summed E-state index contributed by atoms with van der Waals surface area (Å²) in [6.45, 7) is 0.302. The Balaban J connectivity index is 1.61. The van der Waals surface area contributed by atoms with Crippen LogP contribution in [0, 0.1) is 0 Å². The van der Waals surface area contributed by atoms with Crippen molar-refractivity contribution in [3.63, 3.8) is 0 Å². The molecule has 7 heteroatoms. The number of rotatable bonds is 3. The quantitative estimate of drug-likeness (QED) is 0.340. The molecule has 0 saturated carbocycles. The first kappa shape index (κ1) is 16.6. The summed E-state index contributed by atoms with van der Waals surface area (Å²) in [7, 11) is 0. The summed E-state index contributed by atoms with van der Waals surface area (Å²) >= 11 is 5.93. The van der Waals surface area contributed by atoms with Crippen molar-refractivity contribution in [2.45, 2.75) is 6.54 Å². The fourth-order valence-electron chi connectivity index (χ4n) is 3.32. The van der Waals surface area contributed by atoms with Crippen molar-refractivity contribution in [2.75, 3.05) is 0 Å². The van der Waals surface area contributed by atoms with Crippen LogP contribution >= 0.6 is 11.6 Å². The highest BCUT2D eigenvalue weighted by atomic mass is 35.5. The van der Waals surface area contributed by atoms with Gasteiger partial charge in [-0.2, -0.15) is 4.80 Å². The maximum Gasteiger partial charge on any atom is 0.336 e. The molecular formula is C21H13ClN4O2. The third-order valence-corrected chi connectivity index (χ3v) is 4.83. The molecule has 0 aliphatic carbocycles. The van der Waals surface area contributed by atoms with Crippen LogP contribution < -0.4 is 5.63 Å². The molecule has 0 spiro atoms. The molecule has 5 aromatic rings. The fraction of sp³-hybridized carbons (Fsp3) is 0.0476. The summed E-state index contributed by atoms with van der Waals surface area (Å²) in [5.41, 5.74) is 1.73. The van der Waals surface area contributed by atoms with E-state index in [0.717, 1.165) is 27.3 Å². The van der Waals surface area contributed by atoms with E-state index in [-0.39, 0.29) is 0 Å². The van der Waals surface area contributed by atoms with Crippen LogP contribution in [-0.4, -0.2) is 20.2 Å². The number of hydrogen-bond acceptors (Lipinski definition) is 5. The molecule has 2 heterocycles. The van der Waals surface area contributed by atoms with E-state index in [2.05, 4.69) is 15.4 Å². The normalized spacial score (nSPS) is 11.3. The second-order valence-electron chi connectivity index (χ2n) is 6.40. The molecule has 6 nitrogen and oxygen atoms in total. The number of halogens is 1. The topological polar surface area (TPSA) is 73.8 Å². The number of fused-ring (bicyclic) bond motifs is 3. The number of aromatic nitrogens is 4. The molecule has 0 atom stereocenters. The summed E-state index contributed by atoms with van der Waals surface area (Å²) in [6, 6.07) is 20.4. The second-order valence-corrected chi connectivity index (χ2v) is 6.84. The molecule has 136 valence electrons. The van der Waals surface area contributed by atoms with Gasteiger partial charge in [0.1, 0.15) is 5.58 Å². The molecule has 0 saturated heterocycles. The highest BCUT2D eigenvalue weighted by Crippen LogP contribution is 2.27. The number of hydrogen-bond donors (Lipinski definition) is 0. The standard InChI is InChI=1S/C21H13ClN4O2/c22-16-8-5-14(6-9-16)21-23-25-26(24-21)12-15-11-19(27)28-18-10-7-13-3-1-2-4-17(13)20(15)18/h1-11H,12H2. The van der Waals surface area contributed by atoms with E-state index in [1.54, 1.807) is 12.1 Å². The minimum atomic E-state index is -0.407. The van der Waals surface area contributed by atoms with Crippen molar-refractivity contribution in [3.05, 3.63) is 87.7 Å². The van der Waals surface area contributed by atoms with Gasteiger partial charge in [-0.15, -0.1) is 10.2 Å². The van der Waals surface area contributed by atoms with Gasteiger partial charge in [-0.3, -0.25) is 0 Å². The highest BCUT2D eigenvalue weighted by Gasteiger charge is 2.12. The van der Waals surface area contributed by atoms with Gasteiger partial charge < -0.3 is 4.42 Å². The number of tetrazole rings is 1. The average molecular weight is 389 g/mol. The Morgan fingerprint density at radius 2 is 1.82 bits per heavy atom. The smallest absolute Gasteiger partial charge is 0.336 e. The van der Waals surface area contributed by atoms with E-state index in [9.17, 15) is 4.79 Å². The monoisotopic (exact) mass is 388 g/mol. The zero-order chi connectivity index (χ0) is 19.1. The highest BCUT2D eigenvalue weighted by molar-refractivity contribution is 6.30. The van der Waals surface area contributed by atoms with Gasteiger partial charge in [0.05, 0.1) is 6.54 Å². The van der Waals surface area contributed by atoms with Crippen LogP contribution in [0.3, 0.4) is 0 Å². The molecular weight excluding hydrogens is 376 g/mol. The summed E-state index contributed by atoms with van der Waals surface area (Å²) < 4.78 is 5.40.